The van der Waals surface area contributed by atoms with Gasteiger partial charge in [0.25, 0.3) is 0 Å². The molecule has 0 amide bonds. The van der Waals surface area contributed by atoms with Crippen LogP contribution >= 0.6 is 15.9 Å². The highest BCUT2D eigenvalue weighted by Gasteiger charge is 2.08. The van der Waals surface area contributed by atoms with Crippen molar-refractivity contribution in [1.82, 2.24) is 0 Å². The lowest BCUT2D eigenvalue weighted by Gasteiger charge is -2.10. The van der Waals surface area contributed by atoms with Crippen molar-refractivity contribution in [3.63, 3.8) is 0 Å². The van der Waals surface area contributed by atoms with Gasteiger partial charge in [-0.1, -0.05) is 46.3 Å². The fraction of sp³-hybridized carbons (Fsp3) is 0.0625. The molecular formula is C16H13BrO3. The minimum atomic E-state index is -0.459. The average Bonchev–Trinajstić information content (AvgIpc) is 2.48. The summed E-state index contributed by atoms with van der Waals surface area (Å²) in [5.74, 6) is 0.639. The molecule has 20 heavy (non-hydrogen) atoms. The fourth-order valence-electron chi connectivity index (χ4n) is 1.57. The predicted octanol–water partition coefficient (Wildman–Crippen LogP) is 4.04. The first kappa shape index (κ1) is 14.3. The summed E-state index contributed by atoms with van der Waals surface area (Å²) in [4.78, 5) is 11.5. The number of hydrogen-bond donors (Lipinski definition) is 0. The van der Waals surface area contributed by atoms with Crippen molar-refractivity contribution in [1.29, 1.82) is 0 Å². The van der Waals surface area contributed by atoms with Gasteiger partial charge in [-0.3, -0.25) is 0 Å². The Balaban J connectivity index is 2.32. The van der Waals surface area contributed by atoms with E-state index in [1.807, 2.05) is 54.6 Å². The lowest BCUT2D eigenvalue weighted by atomic mass is 10.2. The molecule has 3 nitrogen and oxygen atoms in total. The van der Waals surface area contributed by atoms with E-state index in [2.05, 4.69) is 20.7 Å². The molecule has 0 aliphatic heterocycles. The molecule has 0 fully saturated rings. The van der Waals surface area contributed by atoms with Gasteiger partial charge in [0, 0.05) is 10.0 Å². The Morgan fingerprint density at radius 2 is 1.70 bits per heavy atom. The second-order valence-electron chi connectivity index (χ2n) is 3.95. The van der Waals surface area contributed by atoms with Crippen LogP contribution in [0.25, 0.3) is 5.76 Å². The molecule has 0 unspecified atom stereocenters. The zero-order valence-corrected chi connectivity index (χ0v) is 12.5. The molecule has 0 radical (unpaired) electrons. The molecule has 2 aromatic rings. The van der Waals surface area contributed by atoms with Gasteiger partial charge in [-0.15, -0.1) is 0 Å². The van der Waals surface area contributed by atoms with Crippen LogP contribution in [0.2, 0.25) is 0 Å². The van der Waals surface area contributed by atoms with Crippen LogP contribution in [0.15, 0.2) is 65.1 Å². The van der Waals surface area contributed by atoms with Gasteiger partial charge < -0.3 is 9.47 Å². The van der Waals surface area contributed by atoms with Crippen LogP contribution in [-0.2, 0) is 9.53 Å². The lowest BCUT2D eigenvalue weighted by molar-refractivity contribution is -0.134. The fourth-order valence-corrected chi connectivity index (χ4v) is 1.83. The van der Waals surface area contributed by atoms with E-state index in [1.54, 1.807) is 0 Å². The summed E-state index contributed by atoms with van der Waals surface area (Å²) in [7, 11) is 1.33. The molecule has 2 aromatic carbocycles. The van der Waals surface area contributed by atoms with Crippen molar-refractivity contribution in [2.75, 3.05) is 7.11 Å². The number of benzene rings is 2. The standard InChI is InChI=1S/C16H13BrO3/c1-19-16(18)11-15(12-7-9-13(17)10-8-12)20-14-5-3-2-4-6-14/h2-11H,1H3/b15-11-. The topological polar surface area (TPSA) is 35.5 Å². The highest BCUT2D eigenvalue weighted by Crippen LogP contribution is 2.22. The third-order valence-electron chi connectivity index (χ3n) is 2.55. The van der Waals surface area contributed by atoms with Gasteiger partial charge in [0.2, 0.25) is 0 Å². The van der Waals surface area contributed by atoms with Crippen molar-refractivity contribution in [2.45, 2.75) is 0 Å². The van der Waals surface area contributed by atoms with E-state index in [1.165, 1.54) is 13.2 Å². The van der Waals surface area contributed by atoms with E-state index >= 15 is 0 Å². The lowest BCUT2D eigenvalue weighted by Crippen LogP contribution is -2.02. The SMILES string of the molecule is COC(=O)/C=C(\Oc1ccccc1)c1ccc(Br)cc1. The minimum Gasteiger partial charge on any atom is -0.466 e. The van der Waals surface area contributed by atoms with Crippen LogP contribution in [0.5, 0.6) is 5.75 Å². The van der Waals surface area contributed by atoms with Crippen molar-refractivity contribution >= 4 is 27.7 Å². The smallest absolute Gasteiger partial charge is 0.334 e. The zero-order chi connectivity index (χ0) is 14.4. The van der Waals surface area contributed by atoms with Crippen LogP contribution in [0.4, 0.5) is 0 Å². The summed E-state index contributed by atoms with van der Waals surface area (Å²) in [5.41, 5.74) is 0.794. The largest absolute Gasteiger partial charge is 0.466 e. The van der Waals surface area contributed by atoms with Gasteiger partial charge in [0.15, 0.2) is 0 Å². The predicted molar refractivity (Wildman–Crippen MR) is 81.2 cm³/mol. The van der Waals surface area contributed by atoms with Crippen LogP contribution in [-0.4, -0.2) is 13.1 Å². The number of rotatable bonds is 4. The number of halogens is 1. The Morgan fingerprint density at radius 3 is 2.30 bits per heavy atom. The van der Waals surface area contributed by atoms with Gasteiger partial charge >= 0.3 is 5.97 Å². The molecule has 0 saturated carbocycles. The van der Waals surface area contributed by atoms with Crippen molar-refractivity contribution in [2.24, 2.45) is 0 Å². The average molecular weight is 333 g/mol. The molecule has 4 heteroatoms. The quantitative estimate of drug-likeness (QED) is 0.481. The van der Waals surface area contributed by atoms with Gasteiger partial charge in [-0.05, 0) is 24.3 Å². The van der Waals surface area contributed by atoms with Gasteiger partial charge in [0.05, 0.1) is 13.2 Å². The first-order chi connectivity index (χ1) is 9.69. The number of methoxy groups -OCH3 is 1. The van der Waals surface area contributed by atoms with E-state index in [9.17, 15) is 4.79 Å². The molecule has 0 aliphatic carbocycles. The molecule has 0 aromatic heterocycles. The highest BCUT2D eigenvalue weighted by atomic mass is 79.9. The summed E-state index contributed by atoms with van der Waals surface area (Å²) < 4.78 is 11.4. The first-order valence-corrected chi connectivity index (χ1v) is 6.77. The van der Waals surface area contributed by atoms with E-state index in [0.29, 0.717) is 11.5 Å². The highest BCUT2D eigenvalue weighted by molar-refractivity contribution is 9.10. The molecule has 0 bridgehead atoms. The second-order valence-corrected chi connectivity index (χ2v) is 4.87. The number of esters is 1. The van der Waals surface area contributed by atoms with Crippen molar-refractivity contribution < 1.29 is 14.3 Å². The molecule has 2 rings (SSSR count). The Kier molecular flexibility index (Phi) is 4.96. The summed E-state index contributed by atoms with van der Waals surface area (Å²) in [6, 6.07) is 16.8. The molecule has 0 atom stereocenters. The van der Waals surface area contributed by atoms with Crippen LogP contribution in [0.1, 0.15) is 5.56 Å². The number of carbonyl (C=O) groups is 1. The van der Waals surface area contributed by atoms with E-state index < -0.39 is 5.97 Å². The number of para-hydroxylation sites is 1. The third kappa shape index (κ3) is 3.96. The van der Waals surface area contributed by atoms with E-state index in [-0.39, 0.29) is 0 Å². The summed E-state index contributed by atoms with van der Waals surface area (Å²) in [6.07, 6.45) is 1.33. The molecule has 0 saturated heterocycles. The minimum absolute atomic E-state index is 0.440. The van der Waals surface area contributed by atoms with E-state index in [0.717, 1.165) is 10.0 Å². The Morgan fingerprint density at radius 1 is 1.05 bits per heavy atom. The first-order valence-electron chi connectivity index (χ1n) is 5.97. The third-order valence-corrected chi connectivity index (χ3v) is 3.08. The molecule has 0 heterocycles. The maximum atomic E-state index is 11.5. The molecule has 0 N–H and O–H groups in total. The van der Waals surface area contributed by atoms with Gasteiger partial charge in [0.1, 0.15) is 11.5 Å². The second kappa shape index (κ2) is 6.91. The Hall–Kier alpha value is -2.07. The number of carbonyl (C=O) groups excluding carboxylic acids is 1. The number of hydrogen-bond acceptors (Lipinski definition) is 3. The summed E-state index contributed by atoms with van der Waals surface area (Å²) in [6.45, 7) is 0. The molecule has 0 spiro atoms. The normalized spacial score (nSPS) is 11.0. The van der Waals surface area contributed by atoms with E-state index in [4.69, 9.17) is 4.74 Å². The molecule has 102 valence electrons. The van der Waals surface area contributed by atoms with Crippen LogP contribution in [0, 0.1) is 0 Å². The molecular weight excluding hydrogens is 320 g/mol. The maximum absolute atomic E-state index is 11.5. The van der Waals surface area contributed by atoms with Gasteiger partial charge in [-0.2, -0.15) is 0 Å². The number of ether oxygens (including phenoxy) is 2. The Labute approximate surface area is 126 Å². The monoisotopic (exact) mass is 332 g/mol. The van der Waals surface area contributed by atoms with Crippen molar-refractivity contribution in [3.05, 3.63) is 70.7 Å². The van der Waals surface area contributed by atoms with Crippen LogP contribution in [0.3, 0.4) is 0 Å². The van der Waals surface area contributed by atoms with Crippen LogP contribution < -0.4 is 4.74 Å². The van der Waals surface area contributed by atoms with Crippen molar-refractivity contribution in [3.8, 4) is 5.75 Å². The summed E-state index contributed by atoms with van der Waals surface area (Å²) >= 11 is 3.37. The zero-order valence-electron chi connectivity index (χ0n) is 10.9. The Bertz CT molecular complexity index is 603. The van der Waals surface area contributed by atoms with Gasteiger partial charge in [-0.25, -0.2) is 4.79 Å². The molecule has 0 aliphatic rings. The summed E-state index contributed by atoms with van der Waals surface area (Å²) in [5, 5.41) is 0. The maximum Gasteiger partial charge on any atom is 0.334 e.